The molecule has 0 fully saturated rings. The van der Waals surface area contributed by atoms with Crippen LogP contribution in [0.4, 0.5) is 8.78 Å². The highest BCUT2D eigenvalue weighted by molar-refractivity contribution is 7.12. The molecule has 1 amide bonds. The number of nitrogens with one attached hydrogen (secondary N) is 1. The Morgan fingerprint density at radius 3 is 2.76 bits per heavy atom. The van der Waals surface area contributed by atoms with Gasteiger partial charge < -0.3 is 15.2 Å². The van der Waals surface area contributed by atoms with Crippen molar-refractivity contribution in [2.75, 3.05) is 6.54 Å². The van der Waals surface area contributed by atoms with E-state index >= 15 is 0 Å². The average Bonchev–Trinajstić information content (AvgIpc) is 2.81. The predicted molar refractivity (Wildman–Crippen MR) is 78.0 cm³/mol. The SMILES string of the molecule is CC(C)CCC(C)(O)CNC(=O)c1sccc1OC(F)F. The topological polar surface area (TPSA) is 58.6 Å². The van der Waals surface area contributed by atoms with E-state index in [1.54, 1.807) is 6.92 Å². The number of hydrogen-bond acceptors (Lipinski definition) is 4. The number of thiophene rings is 1. The van der Waals surface area contributed by atoms with Gasteiger partial charge in [0.15, 0.2) is 0 Å². The minimum atomic E-state index is -2.97. The number of halogens is 2. The quantitative estimate of drug-likeness (QED) is 0.772. The average molecular weight is 321 g/mol. The molecule has 0 aliphatic carbocycles. The van der Waals surface area contributed by atoms with E-state index in [-0.39, 0.29) is 17.2 Å². The van der Waals surface area contributed by atoms with Crippen LogP contribution in [0.2, 0.25) is 0 Å². The number of rotatable bonds is 8. The molecule has 2 N–H and O–H groups in total. The summed E-state index contributed by atoms with van der Waals surface area (Å²) in [5.74, 6) is -0.213. The maximum absolute atomic E-state index is 12.2. The molecule has 21 heavy (non-hydrogen) atoms. The molecule has 1 heterocycles. The molecule has 0 spiro atoms. The Balaban J connectivity index is 2.55. The third-order valence-electron chi connectivity index (χ3n) is 2.94. The van der Waals surface area contributed by atoms with Crippen molar-refractivity contribution >= 4 is 17.2 Å². The Kier molecular flexibility index (Phi) is 6.54. The number of carbonyl (C=O) groups excluding carboxylic acids is 1. The van der Waals surface area contributed by atoms with Crippen molar-refractivity contribution in [2.45, 2.75) is 45.8 Å². The van der Waals surface area contributed by atoms with Gasteiger partial charge in [-0.3, -0.25) is 4.79 Å². The molecule has 1 rings (SSSR count). The summed E-state index contributed by atoms with van der Waals surface area (Å²) >= 11 is 1.02. The van der Waals surface area contributed by atoms with E-state index in [0.717, 1.165) is 17.8 Å². The third-order valence-corrected chi connectivity index (χ3v) is 3.84. The normalized spacial score (nSPS) is 14.3. The lowest BCUT2D eigenvalue weighted by molar-refractivity contribution is -0.0498. The smallest absolute Gasteiger partial charge is 0.387 e. The van der Waals surface area contributed by atoms with Crippen molar-refractivity contribution in [3.8, 4) is 5.75 Å². The standard InChI is InChI=1S/C14H21F2NO3S/c1-9(2)4-6-14(3,19)8-17-12(18)11-10(5-7-21-11)20-13(15)16/h5,7,9,13,19H,4,6,8H2,1-3H3,(H,17,18). The minimum Gasteiger partial charge on any atom is -0.433 e. The lowest BCUT2D eigenvalue weighted by atomic mass is 9.95. The Morgan fingerprint density at radius 2 is 2.19 bits per heavy atom. The summed E-state index contributed by atoms with van der Waals surface area (Å²) in [6.45, 7) is 2.83. The second-order valence-corrected chi connectivity index (χ2v) is 6.52. The van der Waals surface area contributed by atoms with Crippen LogP contribution in [0.3, 0.4) is 0 Å². The van der Waals surface area contributed by atoms with Crippen LogP contribution in [0, 0.1) is 5.92 Å². The molecule has 4 nitrogen and oxygen atoms in total. The lowest BCUT2D eigenvalue weighted by Crippen LogP contribution is -2.40. The van der Waals surface area contributed by atoms with Gasteiger partial charge in [0.2, 0.25) is 0 Å². The van der Waals surface area contributed by atoms with Crippen molar-refractivity contribution in [1.29, 1.82) is 0 Å². The molecular formula is C14H21F2NO3S. The van der Waals surface area contributed by atoms with Gasteiger partial charge in [0.05, 0.1) is 5.60 Å². The van der Waals surface area contributed by atoms with E-state index < -0.39 is 18.1 Å². The number of ether oxygens (including phenoxy) is 1. The van der Waals surface area contributed by atoms with Crippen LogP contribution in [0.5, 0.6) is 5.75 Å². The fourth-order valence-electron chi connectivity index (χ4n) is 1.69. The van der Waals surface area contributed by atoms with Crippen LogP contribution in [-0.4, -0.2) is 29.8 Å². The van der Waals surface area contributed by atoms with Crippen molar-refractivity contribution in [3.63, 3.8) is 0 Å². The maximum Gasteiger partial charge on any atom is 0.387 e. The first kappa shape index (κ1) is 17.8. The van der Waals surface area contributed by atoms with E-state index in [0.29, 0.717) is 12.3 Å². The van der Waals surface area contributed by atoms with Crippen molar-refractivity contribution in [2.24, 2.45) is 5.92 Å². The Hall–Kier alpha value is -1.21. The van der Waals surface area contributed by atoms with Crippen LogP contribution in [0.25, 0.3) is 0 Å². The van der Waals surface area contributed by atoms with Crippen molar-refractivity contribution in [3.05, 3.63) is 16.3 Å². The van der Waals surface area contributed by atoms with Crippen molar-refractivity contribution in [1.82, 2.24) is 5.32 Å². The summed E-state index contributed by atoms with van der Waals surface area (Å²) in [7, 11) is 0. The summed E-state index contributed by atoms with van der Waals surface area (Å²) in [5, 5.41) is 14.2. The zero-order valence-corrected chi connectivity index (χ0v) is 13.2. The minimum absolute atomic E-state index is 0.0601. The summed E-state index contributed by atoms with van der Waals surface area (Å²) in [6, 6.07) is 1.32. The highest BCUT2D eigenvalue weighted by atomic mass is 32.1. The molecular weight excluding hydrogens is 300 g/mol. The predicted octanol–water partition coefficient (Wildman–Crippen LogP) is 3.27. The first-order chi connectivity index (χ1) is 9.71. The van der Waals surface area contributed by atoms with Gasteiger partial charge in [0.1, 0.15) is 10.6 Å². The Morgan fingerprint density at radius 1 is 1.52 bits per heavy atom. The molecule has 0 radical (unpaired) electrons. The second kappa shape index (κ2) is 7.70. The number of hydrogen-bond donors (Lipinski definition) is 2. The molecule has 0 saturated heterocycles. The van der Waals surface area contributed by atoms with Gasteiger partial charge in [-0.15, -0.1) is 11.3 Å². The van der Waals surface area contributed by atoms with Gasteiger partial charge in [-0.25, -0.2) is 0 Å². The number of carbonyl (C=O) groups is 1. The van der Waals surface area contributed by atoms with Gasteiger partial charge >= 0.3 is 6.61 Å². The third kappa shape index (κ3) is 6.39. The Labute approximate surface area is 127 Å². The van der Waals surface area contributed by atoms with E-state index in [4.69, 9.17) is 0 Å². The fraction of sp³-hybridized carbons (Fsp3) is 0.643. The molecule has 0 bridgehead atoms. The van der Waals surface area contributed by atoms with E-state index in [2.05, 4.69) is 10.1 Å². The largest absolute Gasteiger partial charge is 0.433 e. The first-order valence-electron chi connectivity index (χ1n) is 6.74. The number of alkyl halides is 2. The maximum atomic E-state index is 12.2. The van der Waals surface area contributed by atoms with Gasteiger partial charge in [0.25, 0.3) is 5.91 Å². The molecule has 7 heteroatoms. The summed E-state index contributed by atoms with van der Waals surface area (Å²) in [4.78, 5) is 12.0. The monoisotopic (exact) mass is 321 g/mol. The van der Waals surface area contributed by atoms with Gasteiger partial charge in [0, 0.05) is 6.54 Å². The van der Waals surface area contributed by atoms with E-state index in [9.17, 15) is 18.7 Å². The van der Waals surface area contributed by atoms with Crippen LogP contribution in [0.15, 0.2) is 11.4 Å². The number of aliphatic hydroxyl groups is 1. The summed E-state index contributed by atoms with van der Waals surface area (Å²) in [5.41, 5.74) is -1.03. The zero-order chi connectivity index (χ0) is 16.0. The fourth-order valence-corrected chi connectivity index (χ4v) is 2.43. The molecule has 1 unspecified atom stereocenters. The zero-order valence-electron chi connectivity index (χ0n) is 12.4. The lowest BCUT2D eigenvalue weighted by Gasteiger charge is -2.24. The molecule has 0 aromatic carbocycles. The molecule has 1 aromatic heterocycles. The van der Waals surface area contributed by atoms with Gasteiger partial charge in [-0.05, 0) is 37.1 Å². The van der Waals surface area contributed by atoms with Crippen LogP contribution < -0.4 is 10.1 Å². The summed E-state index contributed by atoms with van der Waals surface area (Å²) in [6.07, 6.45) is 1.39. The molecule has 1 aromatic rings. The Bertz CT molecular complexity index is 461. The van der Waals surface area contributed by atoms with Crippen LogP contribution in [-0.2, 0) is 0 Å². The van der Waals surface area contributed by atoms with Gasteiger partial charge in [-0.1, -0.05) is 13.8 Å². The molecule has 120 valence electrons. The molecule has 1 atom stereocenters. The highest BCUT2D eigenvalue weighted by Gasteiger charge is 2.23. The van der Waals surface area contributed by atoms with Crippen LogP contribution in [0.1, 0.15) is 43.3 Å². The molecule has 0 aliphatic rings. The molecule has 0 aliphatic heterocycles. The van der Waals surface area contributed by atoms with Crippen LogP contribution >= 0.6 is 11.3 Å². The van der Waals surface area contributed by atoms with E-state index in [1.165, 1.54) is 11.4 Å². The van der Waals surface area contributed by atoms with Crippen molar-refractivity contribution < 1.29 is 23.4 Å². The highest BCUT2D eigenvalue weighted by Crippen LogP contribution is 2.26. The summed E-state index contributed by atoms with van der Waals surface area (Å²) < 4.78 is 28.7. The van der Waals surface area contributed by atoms with Gasteiger partial charge in [-0.2, -0.15) is 8.78 Å². The first-order valence-corrected chi connectivity index (χ1v) is 7.62. The van der Waals surface area contributed by atoms with E-state index in [1.807, 2.05) is 13.8 Å². The number of amides is 1. The molecule has 0 saturated carbocycles. The second-order valence-electron chi connectivity index (χ2n) is 5.60.